The van der Waals surface area contributed by atoms with Gasteiger partial charge >= 0.3 is 0 Å². The number of carbonyl (C=O) groups is 1. The number of nitrogens with zero attached hydrogens (tertiary/aromatic N) is 1. The van der Waals surface area contributed by atoms with Crippen LogP contribution in [-0.4, -0.2) is 29.4 Å². The zero-order chi connectivity index (χ0) is 8.60. The molecule has 0 bridgehead atoms. The van der Waals surface area contributed by atoms with Crippen molar-refractivity contribution in [1.29, 1.82) is 0 Å². The van der Waals surface area contributed by atoms with Crippen LogP contribution in [-0.2, 0) is 4.79 Å². The third-order valence-corrected chi connectivity index (χ3v) is 2.86. The first-order chi connectivity index (χ1) is 5.72. The van der Waals surface area contributed by atoms with E-state index in [4.69, 9.17) is 5.73 Å². The Morgan fingerprint density at radius 3 is 2.25 bits per heavy atom. The van der Waals surface area contributed by atoms with Crippen LogP contribution >= 0.6 is 0 Å². The van der Waals surface area contributed by atoms with E-state index in [0.717, 1.165) is 38.8 Å². The quantitative estimate of drug-likeness (QED) is 0.619. The van der Waals surface area contributed by atoms with Gasteiger partial charge in [0.15, 0.2) is 0 Å². The van der Waals surface area contributed by atoms with Crippen LogP contribution in [0.15, 0.2) is 0 Å². The van der Waals surface area contributed by atoms with E-state index in [0.29, 0.717) is 0 Å². The highest BCUT2D eigenvalue weighted by Gasteiger charge is 2.48. The molecule has 1 heterocycles. The first-order valence-electron chi connectivity index (χ1n) is 4.81. The van der Waals surface area contributed by atoms with Gasteiger partial charge in [0.25, 0.3) is 0 Å². The smallest absolute Gasteiger partial charge is 0.242 e. The van der Waals surface area contributed by atoms with Crippen molar-refractivity contribution >= 4 is 5.91 Å². The van der Waals surface area contributed by atoms with E-state index in [2.05, 4.69) is 0 Å². The van der Waals surface area contributed by atoms with Crippen molar-refractivity contribution in [3.63, 3.8) is 0 Å². The summed E-state index contributed by atoms with van der Waals surface area (Å²) in [6.07, 6.45) is 5.36. The normalized spacial score (nSPS) is 26.9. The van der Waals surface area contributed by atoms with Crippen molar-refractivity contribution in [2.24, 2.45) is 5.73 Å². The highest BCUT2D eigenvalue weighted by Crippen LogP contribution is 2.34. The monoisotopic (exact) mass is 168 g/mol. The molecular formula is C9H16N2O. The van der Waals surface area contributed by atoms with Crippen molar-refractivity contribution in [2.75, 3.05) is 13.1 Å². The molecule has 3 heteroatoms. The molecule has 2 aliphatic rings. The molecule has 2 N–H and O–H groups in total. The molecule has 2 rings (SSSR count). The molecular weight excluding hydrogens is 152 g/mol. The third kappa shape index (κ3) is 1.33. The van der Waals surface area contributed by atoms with Gasteiger partial charge in [-0.1, -0.05) is 0 Å². The van der Waals surface area contributed by atoms with Gasteiger partial charge in [0.1, 0.15) is 0 Å². The first-order valence-corrected chi connectivity index (χ1v) is 4.81. The average molecular weight is 168 g/mol. The second-order valence-corrected chi connectivity index (χ2v) is 4.01. The standard InChI is InChI=1S/C9H16N2O/c10-9(4-5-9)8(12)11-6-2-1-3-7-11/h1-7,10H2. The molecule has 0 unspecified atom stereocenters. The fourth-order valence-corrected chi connectivity index (χ4v) is 1.76. The highest BCUT2D eigenvalue weighted by molar-refractivity contribution is 5.89. The number of hydrogen-bond donors (Lipinski definition) is 1. The number of nitrogens with two attached hydrogens (primary N) is 1. The molecule has 0 spiro atoms. The van der Waals surface area contributed by atoms with Crippen LogP contribution in [0.4, 0.5) is 0 Å². The molecule has 0 atom stereocenters. The maximum absolute atomic E-state index is 11.7. The Kier molecular flexibility index (Phi) is 1.83. The Labute approximate surface area is 72.9 Å². The second-order valence-electron chi connectivity index (χ2n) is 4.01. The summed E-state index contributed by atoms with van der Waals surface area (Å²) < 4.78 is 0. The molecule has 0 aromatic rings. The van der Waals surface area contributed by atoms with Crippen LogP contribution in [0, 0.1) is 0 Å². The Morgan fingerprint density at radius 1 is 1.17 bits per heavy atom. The molecule has 1 saturated carbocycles. The fraction of sp³-hybridized carbons (Fsp3) is 0.889. The Hall–Kier alpha value is -0.570. The van der Waals surface area contributed by atoms with E-state index in [1.165, 1.54) is 6.42 Å². The van der Waals surface area contributed by atoms with Gasteiger partial charge < -0.3 is 10.6 Å². The molecule has 0 aromatic carbocycles. The third-order valence-electron chi connectivity index (χ3n) is 2.86. The van der Waals surface area contributed by atoms with Crippen molar-refractivity contribution in [1.82, 2.24) is 4.90 Å². The molecule has 2 fully saturated rings. The largest absolute Gasteiger partial charge is 0.341 e. The summed E-state index contributed by atoms with van der Waals surface area (Å²) in [4.78, 5) is 13.6. The predicted octanol–water partition coefficient (Wildman–Crippen LogP) is 0.490. The van der Waals surface area contributed by atoms with Crippen molar-refractivity contribution < 1.29 is 4.79 Å². The fourth-order valence-electron chi connectivity index (χ4n) is 1.76. The molecule has 3 nitrogen and oxygen atoms in total. The van der Waals surface area contributed by atoms with Gasteiger partial charge in [0.2, 0.25) is 5.91 Å². The van der Waals surface area contributed by atoms with Crippen LogP contribution < -0.4 is 5.73 Å². The molecule has 1 aliphatic carbocycles. The summed E-state index contributed by atoms with van der Waals surface area (Å²) in [5.41, 5.74) is 5.38. The van der Waals surface area contributed by atoms with Crippen LogP contribution in [0.5, 0.6) is 0 Å². The molecule has 0 radical (unpaired) electrons. The van der Waals surface area contributed by atoms with Crippen molar-refractivity contribution in [3.8, 4) is 0 Å². The molecule has 1 saturated heterocycles. The Balaban J connectivity index is 1.94. The van der Waals surface area contributed by atoms with E-state index in [-0.39, 0.29) is 5.91 Å². The van der Waals surface area contributed by atoms with Crippen LogP contribution in [0.2, 0.25) is 0 Å². The average Bonchev–Trinajstić information content (AvgIpc) is 2.85. The van der Waals surface area contributed by atoms with E-state index in [9.17, 15) is 4.79 Å². The summed E-state index contributed by atoms with van der Waals surface area (Å²) in [5.74, 6) is 0.196. The molecule has 1 aliphatic heterocycles. The first kappa shape index (κ1) is 8.05. The minimum absolute atomic E-state index is 0.196. The molecule has 12 heavy (non-hydrogen) atoms. The zero-order valence-corrected chi connectivity index (χ0v) is 7.38. The van der Waals surface area contributed by atoms with Crippen LogP contribution in [0.1, 0.15) is 32.1 Å². The van der Waals surface area contributed by atoms with E-state index in [1.807, 2.05) is 4.90 Å². The lowest BCUT2D eigenvalue weighted by atomic mass is 10.1. The summed E-state index contributed by atoms with van der Waals surface area (Å²) in [7, 11) is 0. The maximum Gasteiger partial charge on any atom is 0.242 e. The van der Waals surface area contributed by atoms with Gasteiger partial charge in [0, 0.05) is 13.1 Å². The lowest BCUT2D eigenvalue weighted by molar-refractivity contribution is -0.134. The van der Waals surface area contributed by atoms with Gasteiger partial charge in [-0.2, -0.15) is 0 Å². The number of piperidine rings is 1. The number of likely N-dealkylation sites (tertiary alicyclic amines) is 1. The molecule has 1 amide bonds. The Morgan fingerprint density at radius 2 is 1.75 bits per heavy atom. The number of amides is 1. The molecule has 0 aromatic heterocycles. The lowest BCUT2D eigenvalue weighted by Crippen LogP contribution is -2.47. The van der Waals surface area contributed by atoms with E-state index < -0.39 is 5.54 Å². The summed E-state index contributed by atoms with van der Waals surface area (Å²) in [6.45, 7) is 1.86. The minimum Gasteiger partial charge on any atom is -0.341 e. The second kappa shape index (κ2) is 2.73. The zero-order valence-electron chi connectivity index (χ0n) is 7.38. The SMILES string of the molecule is NC1(C(=O)N2CCCCC2)CC1. The number of hydrogen-bond acceptors (Lipinski definition) is 2. The topological polar surface area (TPSA) is 46.3 Å². The maximum atomic E-state index is 11.7. The van der Waals surface area contributed by atoms with Gasteiger partial charge in [0.05, 0.1) is 5.54 Å². The van der Waals surface area contributed by atoms with Gasteiger partial charge in [-0.15, -0.1) is 0 Å². The van der Waals surface area contributed by atoms with Crippen LogP contribution in [0.25, 0.3) is 0 Å². The highest BCUT2D eigenvalue weighted by atomic mass is 16.2. The van der Waals surface area contributed by atoms with Gasteiger partial charge in [-0.25, -0.2) is 0 Å². The summed E-state index contributed by atoms with van der Waals surface area (Å²) in [6, 6.07) is 0. The van der Waals surface area contributed by atoms with Crippen molar-refractivity contribution in [2.45, 2.75) is 37.6 Å². The van der Waals surface area contributed by atoms with E-state index >= 15 is 0 Å². The summed E-state index contributed by atoms with van der Waals surface area (Å²) >= 11 is 0. The van der Waals surface area contributed by atoms with Gasteiger partial charge in [-0.3, -0.25) is 4.79 Å². The predicted molar refractivity (Wildman–Crippen MR) is 46.6 cm³/mol. The number of rotatable bonds is 1. The minimum atomic E-state index is -0.447. The number of carbonyl (C=O) groups excluding carboxylic acids is 1. The van der Waals surface area contributed by atoms with Gasteiger partial charge in [-0.05, 0) is 32.1 Å². The Bertz CT molecular complexity index is 193. The lowest BCUT2D eigenvalue weighted by Gasteiger charge is -2.29. The molecule has 68 valence electrons. The van der Waals surface area contributed by atoms with E-state index in [1.54, 1.807) is 0 Å². The van der Waals surface area contributed by atoms with Crippen LogP contribution in [0.3, 0.4) is 0 Å². The van der Waals surface area contributed by atoms with Crippen molar-refractivity contribution in [3.05, 3.63) is 0 Å². The summed E-state index contributed by atoms with van der Waals surface area (Å²) in [5, 5.41) is 0.